The lowest BCUT2D eigenvalue weighted by Gasteiger charge is -2.13. The van der Waals surface area contributed by atoms with E-state index >= 15 is 0 Å². The van der Waals surface area contributed by atoms with Crippen molar-refractivity contribution in [3.63, 3.8) is 0 Å². The number of hydrogen-bond acceptors (Lipinski definition) is 2. The third kappa shape index (κ3) is 7.07. The highest BCUT2D eigenvalue weighted by Gasteiger charge is 2.30. The number of aliphatic imine (C=N–C) groups is 1. The Morgan fingerprint density at radius 3 is 2.37 bits per heavy atom. The monoisotopic (exact) mass is 546 g/mol. The van der Waals surface area contributed by atoms with E-state index in [1.165, 1.54) is 19.2 Å². The average Bonchev–Trinajstić information content (AvgIpc) is 2.68. The molecule has 30 heavy (non-hydrogen) atoms. The number of amides is 1. The van der Waals surface area contributed by atoms with E-state index in [1.807, 2.05) is 0 Å². The molecule has 1 amide bonds. The van der Waals surface area contributed by atoms with Crippen LogP contribution in [0.15, 0.2) is 41.4 Å². The molecule has 12 heteroatoms. The standard InChI is InChI=1S/C18H16F6N4O.HI/c1-25-17(26-8-10-3-2-4-11(7-10)18(22,23)24)27-9-14(29)28-13-6-5-12(19)15(20)16(13)21;/h2-7H,8-9H2,1H3,(H,28,29)(H2,25,26,27);1H. The molecule has 0 saturated carbocycles. The van der Waals surface area contributed by atoms with Crippen LogP contribution in [0, 0.1) is 17.5 Å². The largest absolute Gasteiger partial charge is 0.416 e. The maximum absolute atomic E-state index is 13.5. The van der Waals surface area contributed by atoms with Gasteiger partial charge in [-0.05, 0) is 29.8 Å². The first-order valence-corrected chi connectivity index (χ1v) is 8.16. The second-order valence-electron chi connectivity index (χ2n) is 5.75. The molecule has 0 heterocycles. The molecule has 0 saturated heterocycles. The van der Waals surface area contributed by atoms with Gasteiger partial charge >= 0.3 is 6.18 Å². The number of benzene rings is 2. The number of rotatable bonds is 5. The minimum Gasteiger partial charge on any atom is -0.352 e. The highest BCUT2D eigenvalue weighted by Crippen LogP contribution is 2.29. The molecule has 0 aliphatic rings. The molecule has 0 bridgehead atoms. The summed E-state index contributed by atoms with van der Waals surface area (Å²) in [7, 11) is 1.37. The highest BCUT2D eigenvalue weighted by atomic mass is 127. The van der Waals surface area contributed by atoms with E-state index < -0.39 is 47.3 Å². The molecule has 0 unspecified atom stereocenters. The number of guanidine groups is 1. The smallest absolute Gasteiger partial charge is 0.352 e. The van der Waals surface area contributed by atoms with Crippen molar-refractivity contribution in [3.8, 4) is 0 Å². The van der Waals surface area contributed by atoms with Crippen molar-refractivity contribution >= 4 is 41.5 Å². The predicted molar refractivity (Wildman–Crippen MR) is 110 cm³/mol. The van der Waals surface area contributed by atoms with Crippen molar-refractivity contribution in [2.24, 2.45) is 4.99 Å². The van der Waals surface area contributed by atoms with Gasteiger partial charge in [-0.2, -0.15) is 13.2 Å². The Labute approximate surface area is 185 Å². The van der Waals surface area contributed by atoms with Gasteiger partial charge in [0.15, 0.2) is 23.4 Å². The first-order valence-electron chi connectivity index (χ1n) is 8.16. The SMILES string of the molecule is CN=C(NCC(=O)Nc1ccc(F)c(F)c1F)NCc1cccc(C(F)(F)F)c1.I. The number of carbonyl (C=O) groups excluding carboxylic acids is 1. The molecule has 3 N–H and O–H groups in total. The normalized spacial score (nSPS) is 11.5. The van der Waals surface area contributed by atoms with E-state index in [1.54, 1.807) is 0 Å². The van der Waals surface area contributed by atoms with E-state index in [9.17, 15) is 31.1 Å². The van der Waals surface area contributed by atoms with Crippen molar-refractivity contribution in [3.05, 3.63) is 65.0 Å². The number of nitrogens with zero attached hydrogens (tertiary/aromatic N) is 1. The summed E-state index contributed by atoms with van der Waals surface area (Å²) in [6, 6.07) is 6.19. The summed E-state index contributed by atoms with van der Waals surface area (Å²) in [5.41, 5.74) is -1.01. The zero-order valence-corrected chi connectivity index (χ0v) is 17.7. The lowest BCUT2D eigenvalue weighted by Crippen LogP contribution is -2.41. The van der Waals surface area contributed by atoms with Crippen LogP contribution in [0.2, 0.25) is 0 Å². The van der Waals surface area contributed by atoms with Gasteiger partial charge < -0.3 is 16.0 Å². The van der Waals surface area contributed by atoms with Gasteiger partial charge in [0.05, 0.1) is 17.8 Å². The molecule has 0 spiro atoms. The molecule has 0 radical (unpaired) electrons. The summed E-state index contributed by atoms with van der Waals surface area (Å²) in [6.07, 6.45) is -4.47. The molecule has 2 aromatic carbocycles. The Bertz CT molecular complexity index is 920. The lowest BCUT2D eigenvalue weighted by molar-refractivity contribution is -0.137. The van der Waals surface area contributed by atoms with Crippen molar-refractivity contribution in [1.82, 2.24) is 10.6 Å². The summed E-state index contributed by atoms with van der Waals surface area (Å²) in [6.45, 7) is -0.427. The first kappa shape index (κ1) is 25.5. The number of hydrogen-bond donors (Lipinski definition) is 3. The highest BCUT2D eigenvalue weighted by molar-refractivity contribution is 14.0. The molecule has 0 fully saturated rings. The second kappa shape index (κ2) is 11.0. The fourth-order valence-electron chi connectivity index (χ4n) is 2.24. The number of carbonyl (C=O) groups is 1. The van der Waals surface area contributed by atoms with Crippen LogP contribution >= 0.6 is 24.0 Å². The molecule has 0 aromatic heterocycles. The van der Waals surface area contributed by atoms with E-state index in [-0.39, 0.29) is 36.5 Å². The number of nitrogens with one attached hydrogen (secondary N) is 3. The summed E-state index contributed by atoms with van der Waals surface area (Å²) >= 11 is 0. The van der Waals surface area contributed by atoms with Gasteiger partial charge in [-0.3, -0.25) is 9.79 Å². The summed E-state index contributed by atoms with van der Waals surface area (Å²) in [5, 5.41) is 7.35. The Kier molecular flexibility index (Phi) is 9.39. The molecular formula is C18H17F6IN4O. The molecular weight excluding hydrogens is 529 g/mol. The molecule has 2 aromatic rings. The van der Waals surface area contributed by atoms with Crippen molar-refractivity contribution in [2.75, 3.05) is 18.9 Å². The summed E-state index contributed by atoms with van der Waals surface area (Å²) < 4.78 is 77.8. The molecule has 2 rings (SSSR count). The van der Waals surface area contributed by atoms with Gasteiger partial charge in [0.25, 0.3) is 0 Å². The summed E-state index contributed by atoms with van der Waals surface area (Å²) in [5.74, 6) is -5.34. The fourth-order valence-corrected chi connectivity index (χ4v) is 2.24. The van der Waals surface area contributed by atoms with Gasteiger partial charge in [0.1, 0.15) is 0 Å². The summed E-state index contributed by atoms with van der Waals surface area (Å²) in [4.78, 5) is 15.7. The zero-order chi connectivity index (χ0) is 21.6. The maximum atomic E-state index is 13.5. The van der Waals surface area contributed by atoms with E-state index in [4.69, 9.17) is 0 Å². The van der Waals surface area contributed by atoms with E-state index in [0.29, 0.717) is 11.6 Å². The van der Waals surface area contributed by atoms with Crippen LogP contribution < -0.4 is 16.0 Å². The molecule has 164 valence electrons. The van der Waals surface area contributed by atoms with Crippen LogP contribution in [0.4, 0.5) is 32.0 Å². The Hall–Kier alpha value is -2.51. The first-order chi connectivity index (χ1) is 13.6. The van der Waals surface area contributed by atoms with Crippen LogP contribution in [0.3, 0.4) is 0 Å². The molecule has 0 aliphatic carbocycles. The Balaban J connectivity index is 0.00000450. The minimum atomic E-state index is -4.47. The Morgan fingerprint density at radius 1 is 1.03 bits per heavy atom. The van der Waals surface area contributed by atoms with Crippen LogP contribution in [0.1, 0.15) is 11.1 Å². The van der Waals surface area contributed by atoms with Gasteiger partial charge in [-0.1, -0.05) is 12.1 Å². The topological polar surface area (TPSA) is 65.5 Å². The van der Waals surface area contributed by atoms with Gasteiger partial charge in [-0.15, -0.1) is 24.0 Å². The third-order valence-electron chi connectivity index (χ3n) is 3.66. The van der Waals surface area contributed by atoms with Gasteiger partial charge in [0.2, 0.25) is 5.91 Å². The fraction of sp³-hybridized carbons (Fsp3) is 0.222. The van der Waals surface area contributed by atoms with Crippen LogP contribution in [-0.4, -0.2) is 25.5 Å². The van der Waals surface area contributed by atoms with Crippen LogP contribution in [0.5, 0.6) is 0 Å². The lowest BCUT2D eigenvalue weighted by atomic mass is 10.1. The van der Waals surface area contributed by atoms with Crippen molar-refractivity contribution < 1.29 is 31.1 Å². The molecule has 0 atom stereocenters. The second-order valence-corrected chi connectivity index (χ2v) is 5.75. The Morgan fingerprint density at radius 2 is 1.73 bits per heavy atom. The molecule has 5 nitrogen and oxygen atoms in total. The number of alkyl halides is 3. The van der Waals surface area contributed by atoms with Crippen LogP contribution in [0.25, 0.3) is 0 Å². The molecule has 0 aliphatic heterocycles. The predicted octanol–water partition coefficient (Wildman–Crippen LogP) is 4.04. The quantitative estimate of drug-likeness (QED) is 0.175. The van der Waals surface area contributed by atoms with E-state index in [0.717, 1.165) is 18.2 Å². The zero-order valence-electron chi connectivity index (χ0n) is 15.4. The minimum absolute atomic E-state index is 0. The number of anilines is 1. The van der Waals surface area contributed by atoms with Gasteiger partial charge in [0, 0.05) is 13.6 Å². The van der Waals surface area contributed by atoms with Gasteiger partial charge in [-0.25, -0.2) is 13.2 Å². The van der Waals surface area contributed by atoms with Crippen LogP contribution in [-0.2, 0) is 17.5 Å². The average molecular weight is 546 g/mol. The van der Waals surface area contributed by atoms with E-state index in [2.05, 4.69) is 20.9 Å². The van der Waals surface area contributed by atoms with Crippen molar-refractivity contribution in [2.45, 2.75) is 12.7 Å². The third-order valence-corrected chi connectivity index (χ3v) is 3.66. The number of halogens is 7. The van der Waals surface area contributed by atoms with Crippen molar-refractivity contribution in [1.29, 1.82) is 0 Å². The maximum Gasteiger partial charge on any atom is 0.416 e.